The van der Waals surface area contributed by atoms with Crippen LogP contribution < -0.4 is 25.0 Å². The minimum Gasteiger partial charge on any atom is -0.493 e. The van der Waals surface area contributed by atoms with Crippen molar-refractivity contribution in [3.63, 3.8) is 0 Å². The lowest BCUT2D eigenvalue weighted by Gasteiger charge is -2.23. The van der Waals surface area contributed by atoms with E-state index in [9.17, 15) is 9.59 Å². The maximum Gasteiger partial charge on any atom is 0.326 e. The van der Waals surface area contributed by atoms with Crippen LogP contribution >= 0.6 is 0 Å². The molecule has 0 spiro atoms. The fraction of sp³-hybridized carbons (Fsp3) is 0.286. The Morgan fingerprint density at radius 1 is 0.914 bits per heavy atom. The summed E-state index contributed by atoms with van der Waals surface area (Å²) in [5, 5.41) is 5.90. The number of carbonyl (C=O) groups is 2. The van der Waals surface area contributed by atoms with Crippen molar-refractivity contribution < 1.29 is 19.1 Å². The molecule has 2 N–H and O–H groups in total. The normalized spacial score (nSPS) is 12.8. The summed E-state index contributed by atoms with van der Waals surface area (Å²) >= 11 is 0. The Bertz CT molecular complexity index is 1180. The van der Waals surface area contributed by atoms with Crippen molar-refractivity contribution in [2.75, 3.05) is 37.5 Å². The lowest BCUT2D eigenvalue weighted by atomic mass is 10.1. The third-order valence-corrected chi connectivity index (χ3v) is 6.15. The Morgan fingerprint density at radius 2 is 1.69 bits per heavy atom. The minimum absolute atomic E-state index is 0.161. The van der Waals surface area contributed by atoms with Crippen molar-refractivity contribution in [3.8, 4) is 11.5 Å². The lowest BCUT2D eigenvalue weighted by Crippen LogP contribution is -2.35. The maximum absolute atomic E-state index is 13.0. The van der Waals surface area contributed by atoms with Crippen LogP contribution in [0.15, 0.2) is 66.7 Å². The van der Waals surface area contributed by atoms with Gasteiger partial charge >= 0.3 is 6.03 Å². The topological polar surface area (TPSA) is 79.9 Å². The van der Waals surface area contributed by atoms with Crippen LogP contribution in [0.1, 0.15) is 34.3 Å². The highest BCUT2D eigenvalue weighted by molar-refractivity contribution is 6.02. The predicted molar refractivity (Wildman–Crippen MR) is 138 cm³/mol. The zero-order valence-electron chi connectivity index (χ0n) is 20.2. The third-order valence-electron chi connectivity index (χ3n) is 6.15. The highest BCUT2D eigenvalue weighted by Gasteiger charge is 2.21. The van der Waals surface area contributed by atoms with Gasteiger partial charge in [0.1, 0.15) is 0 Å². The summed E-state index contributed by atoms with van der Waals surface area (Å²) in [5.74, 6) is 1.18. The number of fused-ring (bicyclic) bond motifs is 1. The molecule has 0 aromatic heterocycles. The average Bonchev–Trinajstić information content (AvgIpc) is 3.11. The molecule has 0 fully saturated rings. The molecule has 0 atom stereocenters. The van der Waals surface area contributed by atoms with E-state index in [2.05, 4.69) is 16.7 Å². The van der Waals surface area contributed by atoms with Crippen molar-refractivity contribution in [3.05, 3.63) is 83.4 Å². The quantitative estimate of drug-likeness (QED) is 0.503. The summed E-state index contributed by atoms with van der Waals surface area (Å²) in [6.07, 6.45) is 3.68. The first-order valence-electron chi connectivity index (χ1n) is 11.8. The van der Waals surface area contributed by atoms with E-state index in [-0.39, 0.29) is 11.9 Å². The molecule has 0 unspecified atom stereocenters. The third kappa shape index (κ3) is 5.93. The number of rotatable bonds is 7. The van der Waals surface area contributed by atoms with Gasteiger partial charge < -0.3 is 20.1 Å². The molecule has 3 amide bonds. The number of para-hydroxylation sites is 1. The molecular formula is C28H31N3O4. The van der Waals surface area contributed by atoms with Crippen molar-refractivity contribution in [1.29, 1.82) is 0 Å². The van der Waals surface area contributed by atoms with Crippen LogP contribution in [0.2, 0.25) is 0 Å². The van der Waals surface area contributed by atoms with E-state index in [0.717, 1.165) is 30.5 Å². The Labute approximate surface area is 206 Å². The molecule has 1 aliphatic rings. The van der Waals surface area contributed by atoms with Crippen LogP contribution in [0.5, 0.6) is 11.5 Å². The number of ether oxygens (including phenoxy) is 2. The van der Waals surface area contributed by atoms with Crippen molar-refractivity contribution in [1.82, 2.24) is 5.32 Å². The number of aryl methyl sites for hydroxylation is 1. The Balaban J connectivity index is 1.32. The first-order chi connectivity index (χ1) is 17.1. The summed E-state index contributed by atoms with van der Waals surface area (Å²) in [6, 6.07) is 20.6. The van der Waals surface area contributed by atoms with Gasteiger partial charge in [0.15, 0.2) is 11.5 Å². The molecule has 7 heteroatoms. The molecule has 0 bridgehead atoms. The second-order valence-electron chi connectivity index (χ2n) is 8.44. The van der Waals surface area contributed by atoms with Gasteiger partial charge in [-0.05, 0) is 79.3 Å². The van der Waals surface area contributed by atoms with E-state index in [4.69, 9.17) is 9.47 Å². The van der Waals surface area contributed by atoms with Gasteiger partial charge in [0, 0.05) is 30.0 Å². The van der Waals surface area contributed by atoms with Gasteiger partial charge in [-0.2, -0.15) is 0 Å². The van der Waals surface area contributed by atoms with Crippen LogP contribution in [0.3, 0.4) is 0 Å². The van der Waals surface area contributed by atoms with E-state index in [1.807, 2.05) is 36.4 Å². The van der Waals surface area contributed by atoms with Gasteiger partial charge in [-0.25, -0.2) is 4.79 Å². The molecule has 3 aromatic rings. The lowest BCUT2D eigenvalue weighted by molar-refractivity contribution is 0.0954. The first-order valence-corrected chi connectivity index (χ1v) is 11.8. The molecule has 1 heterocycles. The van der Waals surface area contributed by atoms with Crippen molar-refractivity contribution >= 4 is 23.3 Å². The number of nitrogens with one attached hydrogen (secondary N) is 2. The van der Waals surface area contributed by atoms with Gasteiger partial charge in [-0.15, -0.1) is 0 Å². The molecule has 35 heavy (non-hydrogen) atoms. The van der Waals surface area contributed by atoms with Crippen LogP contribution in [0.4, 0.5) is 16.2 Å². The number of methoxy groups -OCH3 is 2. The largest absolute Gasteiger partial charge is 0.493 e. The zero-order valence-corrected chi connectivity index (χ0v) is 20.2. The van der Waals surface area contributed by atoms with Crippen LogP contribution in [-0.4, -0.2) is 39.2 Å². The molecule has 1 aliphatic heterocycles. The molecule has 0 aliphatic carbocycles. The minimum atomic E-state index is -0.162. The number of benzene rings is 3. The summed E-state index contributed by atoms with van der Waals surface area (Å²) in [6.45, 7) is 1.17. The van der Waals surface area contributed by atoms with Gasteiger partial charge in [-0.3, -0.25) is 9.69 Å². The summed E-state index contributed by atoms with van der Waals surface area (Å²) in [7, 11) is 3.20. The second kappa shape index (κ2) is 11.4. The number of hydrogen-bond acceptors (Lipinski definition) is 4. The molecule has 4 rings (SSSR count). The zero-order chi connectivity index (χ0) is 24.6. The molecule has 0 radical (unpaired) electrons. The van der Waals surface area contributed by atoms with Crippen LogP contribution in [0.25, 0.3) is 0 Å². The van der Waals surface area contributed by atoms with Gasteiger partial charge in [0.2, 0.25) is 0 Å². The Hall–Kier alpha value is -4.00. The van der Waals surface area contributed by atoms with Crippen molar-refractivity contribution in [2.24, 2.45) is 0 Å². The van der Waals surface area contributed by atoms with Crippen molar-refractivity contribution in [2.45, 2.75) is 25.7 Å². The number of anilines is 2. The molecule has 7 nitrogen and oxygen atoms in total. The fourth-order valence-corrected chi connectivity index (χ4v) is 4.26. The number of carbonyl (C=O) groups excluding carboxylic acids is 2. The smallest absolute Gasteiger partial charge is 0.326 e. The second-order valence-corrected chi connectivity index (χ2v) is 8.44. The van der Waals surface area contributed by atoms with Gasteiger partial charge in [-0.1, -0.05) is 24.3 Å². The molecule has 3 aromatic carbocycles. The van der Waals surface area contributed by atoms with E-state index in [1.54, 1.807) is 43.4 Å². The molecule has 0 saturated carbocycles. The summed E-state index contributed by atoms with van der Waals surface area (Å²) in [4.78, 5) is 27.3. The van der Waals surface area contributed by atoms with E-state index >= 15 is 0 Å². The molecular weight excluding hydrogens is 442 g/mol. The number of hydrogen-bond donors (Lipinski definition) is 2. The summed E-state index contributed by atoms with van der Waals surface area (Å²) < 4.78 is 10.6. The Morgan fingerprint density at radius 3 is 2.46 bits per heavy atom. The Kier molecular flexibility index (Phi) is 7.88. The number of nitrogens with zero attached hydrogens (tertiary/aromatic N) is 1. The van der Waals surface area contributed by atoms with E-state index < -0.39 is 0 Å². The maximum atomic E-state index is 13.0. The van der Waals surface area contributed by atoms with Crippen LogP contribution in [0, 0.1) is 0 Å². The first kappa shape index (κ1) is 24.1. The fourth-order valence-electron chi connectivity index (χ4n) is 4.26. The number of urea groups is 1. The van der Waals surface area contributed by atoms with E-state index in [0.29, 0.717) is 42.3 Å². The van der Waals surface area contributed by atoms with Crippen LogP contribution in [-0.2, 0) is 12.8 Å². The molecule has 182 valence electrons. The summed E-state index contributed by atoms with van der Waals surface area (Å²) in [5.41, 5.74) is 4.39. The monoisotopic (exact) mass is 473 g/mol. The molecule has 0 saturated heterocycles. The van der Waals surface area contributed by atoms with Gasteiger partial charge in [0.05, 0.1) is 14.2 Å². The number of amides is 3. The highest BCUT2D eigenvalue weighted by Crippen LogP contribution is 2.28. The standard InChI is InChI=1S/C28H31N3O4/c1-34-25-15-10-20(19-26(25)35-2)16-17-29-27(32)22-11-13-23(14-12-22)30-28(33)31-18-6-5-8-21-7-3-4-9-24(21)31/h3-4,7,9-15,19H,5-6,8,16-18H2,1-2H3,(H,29,32)(H,30,33). The highest BCUT2D eigenvalue weighted by atomic mass is 16.5. The predicted octanol–water partition coefficient (Wildman–Crippen LogP) is 5.05. The SMILES string of the molecule is COc1ccc(CCNC(=O)c2ccc(NC(=O)N3CCCCc4ccccc43)cc2)cc1OC. The van der Waals surface area contributed by atoms with Gasteiger partial charge in [0.25, 0.3) is 5.91 Å². The average molecular weight is 474 g/mol. The van der Waals surface area contributed by atoms with E-state index in [1.165, 1.54) is 5.56 Å².